The number of hydrogen-bond donors (Lipinski definition) is 0. The Bertz CT molecular complexity index is 3030. The summed E-state index contributed by atoms with van der Waals surface area (Å²) >= 11 is 0. The number of hydrogen-bond acceptors (Lipinski definition) is 2. The van der Waals surface area contributed by atoms with Crippen LogP contribution < -0.4 is 25.9 Å². The van der Waals surface area contributed by atoms with Gasteiger partial charge in [-0.15, -0.1) is 0 Å². The summed E-state index contributed by atoms with van der Waals surface area (Å²) in [6.45, 7) is 6.70. The molecule has 0 N–H and O–H groups in total. The first kappa shape index (κ1) is 32.0. The summed E-state index contributed by atoms with van der Waals surface area (Å²) in [5, 5.41) is 4.96. The number of para-hydroxylation sites is 1. The highest BCUT2D eigenvalue weighted by Gasteiger charge is 2.41. The van der Waals surface area contributed by atoms with Crippen molar-refractivity contribution in [2.75, 3.05) is 0 Å². The summed E-state index contributed by atoms with van der Waals surface area (Å²) in [5.74, 6) is 3.88. The van der Waals surface area contributed by atoms with Crippen LogP contribution in [0.5, 0.6) is 23.0 Å². The molecule has 0 bridgehead atoms. The lowest BCUT2D eigenvalue weighted by Crippen LogP contribution is -2.57. The highest BCUT2D eigenvalue weighted by atomic mass is 16.5. The third kappa shape index (κ3) is 4.84. The van der Waals surface area contributed by atoms with Crippen LogP contribution in [-0.4, -0.2) is 11.3 Å². The van der Waals surface area contributed by atoms with Crippen LogP contribution in [0.15, 0.2) is 158 Å². The Balaban J connectivity index is 1.15. The number of ether oxygens (including phenoxy) is 2. The Kier molecular flexibility index (Phi) is 7.12. The van der Waals surface area contributed by atoms with E-state index in [2.05, 4.69) is 183 Å². The molecule has 55 heavy (non-hydrogen) atoms. The van der Waals surface area contributed by atoms with Crippen molar-refractivity contribution < 1.29 is 9.47 Å². The number of fused-ring (bicyclic) bond motifs is 9. The van der Waals surface area contributed by atoms with Crippen molar-refractivity contribution >= 4 is 55.7 Å². The van der Waals surface area contributed by atoms with E-state index in [-0.39, 0.29) is 6.71 Å². The fourth-order valence-corrected chi connectivity index (χ4v) is 9.27. The van der Waals surface area contributed by atoms with Crippen LogP contribution in [0.3, 0.4) is 0 Å². The monoisotopic (exact) mass is 707 g/mol. The van der Waals surface area contributed by atoms with Gasteiger partial charge in [0.05, 0.1) is 16.7 Å². The molecule has 1 aromatic heterocycles. The average molecular weight is 708 g/mol. The minimum atomic E-state index is -0.0431. The van der Waals surface area contributed by atoms with Gasteiger partial charge in [0.1, 0.15) is 23.0 Å². The molecule has 262 valence electrons. The Morgan fingerprint density at radius 2 is 1.18 bits per heavy atom. The van der Waals surface area contributed by atoms with Crippen molar-refractivity contribution in [2.24, 2.45) is 0 Å². The molecule has 2 aliphatic rings. The molecule has 0 fully saturated rings. The fraction of sp³-hybridized carbons (Fsp3) is 0.0980. The Morgan fingerprint density at radius 3 is 1.91 bits per heavy atom. The molecule has 3 heterocycles. The highest BCUT2D eigenvalue weighted by molar-refractivity contribution is 6.98. The minimum Gasteiger partial charge on any atom is -0.458 e. The number of nitrogens with zero attached hydrogens (tertiary/aromatic N) is 1. The predicted molar refractivity (Wildman–Crippen MR) is 230 cm³/mol. The lowest BCUT2D eigenvalue weighted by molar-refractivity contribution is 0.464. The van der Waals surface area contributed by atoms with Crippen molar-refractivity contribution in [1.29, 1.82) is 0 Å². The zero-order chi connectivity index (χ0) is 36.8. The molecule has 0 amide bonds. The maximum atomic E-state index is 7.08. The molecule has 9 aromatic rings. The smallest absolute Gasteiger partial charge is 0.260 e. The molecule has 1 atom stereocenters. The number of aromatic nitrogens is 1. The molecule has 11 rings (SSSR count). The summed E-state index contributed by atoms with van der Waals surface area (Å²) in [6, 6.07) is 57.3. The van der Waals surface area contributed by atoms with Gasteiger partial charge >= 0.3 is 0 Å². The van der Waals surface area contributed by atoms with E-state index in [9.17, 15) is 0 Å². The quantitative estimate of drug-likeness (QED) is 0.166. The first-order chi connectivity index (χ1) is 27.1. The highest BCUT2D eigenvalue weighted by Crippen LogP contribution is 2.43. The minimum absolute atomic E-state index is 0.0431. The van der Waals surface area contributed by atoms with Crippen molar-refractivity contribution in [3.63, 3.8) is 0 Å². The van der Waals surface area contributed by atoms with E-state index in [1.807, 2.05) is 0 Å². The van der Waals surface area contributed by atoms with Crippen LogP contribution in [0.1, 0.15) is 37.3 Å². The first-order valence-electron chi connectivity index (χ1n) is 19.4. The third-order valence-corrected chi connectivity index (χ3v) is 12.2. The number of rotatable bonds is 5. The Labute approximate surface area is 321 Å². The van der Waals surface area contributed by atoms with E-state index in [0.717, 1.165) is 68.1 Å². The summed E-state index contributed by atoms with van der Waals surface area (Å²) in [6.07, 6.45) is 1.08. The molecule has 2 aliphatic heterocycles. The van der Waals surface area contributed by atoms with Gasteiger partial charge in [-0.05, 0) is 98.6 Å². The maximum absolute atomic E-state index is 7.08. The standard InChI is InChI=1S/C51H38BNO2/c1-4-31(2)38-16-9-10-17-39(38)35-22-25-43-47(28-35)55-49-30-36(53-44-20-12-11-19-41(44)50-40-18-8-6-14-33(40)23-26-45(50)53)29-48-51(49)52(43)42-24-21-34(27-46(42)54-48)37-15-7-5-13-32(37)3/h5-31H,4H2,1-3H3. The average Bonchev–Trinajstić information content (AvgIpc) is 3.58. The van der Waals surface area contributed by atoms with E-state index in [1.165, 1.54) is 49.4 Å². The molecular formula is C51H38BNO2. The van der Waals surface area contributed by atoms with E-state index < -0.39 is 0 Å². The SMILES string of the molecule is CCC(C)c1ccccc1-c1ccc2c(c1)Oc1cc(-n3c4ccccc4c4c5ccccc5ccc43)cc3c1B2c1ccc(-c2ccccc2C)cc1O3. The van der Waals surface area contributed by atoms with Crippen LogP contribution in [0, 0.1) is 6.92 Å². The van der Waals surface area contributed by atoms with Crippen LogP contribution in [0.4, 0.5) is 0 Å². The second kappa shape index (κ2) is 12.3. The van der Waals surface area contributed by atoms with Crippen LogP contribution in [0.2, 0.25) is 0 Å². The van der Waals surface area contributed by atoms with Gasteiger partial charge in [0, 0.05) is 28.4 Å². The molecular weight excluding hydrogens is 669 g/mol. The number of benzene rings is 8. The van der Waals surface area contributed by atoms with Crippen molar-refractivity contribution in [3.8, 4) is 50.9 Å². The second-order valence-electron chi connectivity index (χ2n) is 15.2. The first-order valence-corrected chi connectivity index (χ1v) is 19.4. The molecule has 0 saturated heterocycles. The van der Waals surface area contributed by atoms with E-state index in [0.29, 0.717) is 5.92 Å². The lowest BCUT2D eigenvalue weighted by Gasteiger charge is -2.34. The Morgan fingerprint density at radius 1 is 0.564 bits per heavy atom. The van der Waals surface area contributed by atoms with Crippen molar-refractivity contribution in [3.05, 3.63) is 169 Å². The van der Waals surface area contributed by atoms with Gasteiger partial charge in [-0.3, -0.25) is 0 Å². The molecule has 0 saturated carbocycles. The van der Waals surface area contributed by atoms with Gasteiger partial charge in [0.25, 0.3) is 6.71 Å². The van der Waals surface area contributed by atoms with Crippen LogP contribution in [0.25, 0.3) is 60.5 Å². The lowest BCUT2D eigenvalue weighted by atomic mass is 9.34. The van der Waals surface area contributed by atoms with Crippen LogP contribution in [-0.2, 0) is 0 Å². The summed E-state index contributed by atoms with van der Waals surface area (Å²) in [4.78, 5) is 0. The van der Waals surface area contributed by atoms with Gasteiger partial charge in [0.2, 0.25) is 0 Å². The van der Waals surface area contributed by atoms with Gasteiger partial charge in [0.15, 0.2) is 0 Å². The molecule has 4 heteroatoms. The zero-order valence-corrected chi connectivity index (χ0v) is 31.1. The largest absolute Gasteiger partial charge is 0.458 e. The van der Waals surface area contributed by atoms with E-state index >= 15 is 0 Å². The molecule has 1 unspecified atom stereocenters. The molecule has 3 nitrogen and oxygen atoms in total. The maximum Gasteiger partial charge on any atom is 0.260 e. The van der Waals surface area contributed by atoms with Gasteiger partial charge in [-0.25, -0.2) is 0 Å². The van der Waals surface area contributed by atoms with E-state index in [1.54, 1.807) is 0 Å². The second-order valence-corrected chi connectivity index (χ2v) is 15.2. The topological polar surface area (TPSA) is 23.4 Å². The van der Waals surface area contributed by atoms with Gasteiger partial charge < -0.3 is 14.0 Å². The summed E-state index contributed by atoms with van der Waals surface area (Å²) < 4.78 is 16.5. The number of aryl methyl sites for hydroxylation is 1. The van der Waals surface area contributed by atoms with Gasteiger partial charge in [-0.1, -0.05) is 135 Å². The zero-order valence-electron chi connectivity index (χ0n) is 31.1. The molecule has 0 aliphatic carbocycles. The Hall–Kier alpha value is -6.52. The molecule has 0 spiro atoms. The molecule has 8 aromatic carbocycles. The molecule has 0 radical (unpaired) electrons. The summed E-state index contributed by atoms with van der Waals surface area (Å²) in [5.41, 5.74) is 14.1. The van der Waals surface area contributed by atoms with Gasteiger partial charge in [-0.2, -0.15) is 0 Å². The van der Waals surface area contributed by atoms with Crippen LogP contribution >= 0.6 is 0 Å². The van der Waals surface area contributed by atoms with E-state index in [4.69, 9.17) is 9.47 Å². The van der Waals surface area contributed by atoms with Crippen molar-refractivity contribution in [2.45, 2.75) is 33.1 Å². The fourth-order valence-electron chi connectivity index (χ4n) is 9.27. The summed E-state index contributed by atoms with van der Waals surface area (Å²) in [7, 11) is 0. The predicted octanol–water partition coefficient (Wildman–Crippen LogP) is 11.8. The van der Waals surface area contributed by atoms with Crippen molar-refractivity contribution in [1.82, 2.24) is 4.57 Å². The normalized spacial score (nSPS) is 13.3. The third-order valence-electron chi connectivity index (χ3n) is 12.2.